The number of nitrogens with zero attached hydrogens (tertiary/aromatic N) is 3. The van der Waals surface area contributed by atoms with Gasteiger partial charge in [0.1, 0.15) is 11.6 Å². The molecule has 0 radical (unpaired) electrons. The number of halogens is 2. The lowest BCUT2D eigenvalue weighted by Crippen LogP contribution is -2.48. The van der Waals surface area contributed by atoms with Gasteiger partial charge in [-0.2, -0.15) is 0 Å². The maximum absolute atomic E-state index is 14.3. The SMILES string of the molecule is CCC[C@H](N[C@H]1CCc2cc(F)cc(F)c2C1)C(=O)Nc1cn(CC2COCCN2CC2CC2)cn1. The number of nitrogens with one attached hydrogen (secondary N) is 2. The number of aryl methyl sites for hydroxylation is 1. The van der Waals surface area contributed by atoms with Crippen LogP contribution in [0.15, 0.2) is 24.7 Å². The molecule has 1 saturated heterocycles. The molecule has 1 aliphatic heterocycles. The van der Waals surface area contributed by atoms with Crippen LogP contribution in [0.2, 0.25) is 0 Å². The predicted molar refractivity (Wildman–Crippen MR) is 134 cm³/mol. The van der Waals surface area contributed by atoms with Crippen molar-refractivity contribution in [3.8, 4) is 0 Å². The van der Waals surface area contributed by atoms with E-state index in [9.17, 15) is 13.6 Å². The van der Waals surface area contributed by atoms with Gasteiger partial charge in [0.05, 0.1) is 31.6 Å². The molecule has 196 valence electrons. The molecule has 36 heavy (non-hydrogen) atoms. The molecule has 0 spiro atoms. The number of ether oxygens (including phenoxy) is 1. The van der Waals surface area contributed by atoms with Crippen molar-refractivity contribution in [2.75, 3.05) is 31.6 Å². The molecule has 3 atom stereocenters. The highest BCUT2D eigenvalue weighted by Crippen LogP contribution is 2.31. The van der Waals surface area contributed by atoms with E-state index in [0.29, 0.717) is 43.3 Å². The number of benzene rings is 1. The Morgan fingerprint density at radius 2 is 2.11 bits per heavy atom. The number of aromatic nitrogens is 2. The number of anilines is 1. The van der Waals surface area contributed by atoms with Crippen LogP contribution in [0.5, 0.6) is 0 Å². The number of rotatable bonds is 10. The fourth-order valence-electron chi connectivity index (χ4n) is 5.50. The molecule has 1 saturated carbocycles. The molecule has 0 bridgehead atoms. The van der Waals surface area contributed by atoms with Gasteiger partial charge in [0, 0.05) is 37.9 Å². The standard InChI is InChI=1S/C27H37F2N5O2/c1-2-3-25(31-21-7-6-19-10-20(28)11-24(29)23(19)12-21)27(35)32-26-15-33(17-30-26)14-22-16-36-9-8-34(22)13-18-4-5-18/h10-11,15,17-18,21-22,25,31H,2-9,12-14,16H2,1H3,(H,32,35)/t21-,22?,25-/m0/s1. The van der Waals surface area contributed by atoms with Crippen LogP contribution in [-0.4, -0.2) is 64.8 Å². The van der Waals surface area contributed by atoms with E-state index in [0.717, 1.165) is 56.6 Å². The Bertz CT molecular complexity index is 1060. The van der Waals surface area contributed by atoms with Gasteiger partial charge in [-0.1, -0.05) is 13.3 Å². The van der Waals surface area contributed by atoms with Crippen molar-refractivity contribution >= 4 is 11.7 Å². The number of fused-ring (bicyclic) bond motifs is 1. The molecule has 2 heterocycles. The Labute approximate surface area is 211 Å². The van der Waals surface area contributed by atoms with Gasteiger partial charge in [-0.05, 0) is 61.6 Å². The van der Waals surface area contributed by atoms with Crippen molar-refractivity contribution in [1.82, 2.24) is 19.8 Å². The summed E-state index contributed by atoms with van der Waals surface area (Å²) in [7, 11) is 0. The zero-order valence-corrected chi connectivity index (χ0v) is 21.0. The van der Waals surface area contributed by atoms with E-state index in [1.54, 1.807) is 6.33 Å². The van der Waals surface area contributed by atoms with E-state index in [1.807, 2.05) is 17.7 Å². The van der Waals surface area contributed by atoms with Crippen LogP contribution < -0.4 is 10.6 Å². The molecular formula is C27H37F2N5O2. The number of morpholine rings is 1. The van der Waals surface area contributed by atoms with Gasteiger partial charge in [0.25, 0.3) is 0 Å². The van der Waals surface area contributed by atoms with Gasteiger partial charge in [-0.25, -0.2) is 13.8 Å². The van der Waals surface area contributed by atoms with Crippen molar-refractivity contribution in [2.45, 2.75) is 76.5 Å². The molecule has 7 nitrogen and oxygen atoms in total. The summed E-state index contributed by atoms with van der Waals surface area (Å²) < 4.78 is 35.6. The minimum atomic E-state index is -0.535. The fourth-order valence-corrected chi connectivity index (χ4v) is 5.50. The number of carbonyl (C=O) groups excluding carboxylic acids is 1. The predicted octanol–water partition coefficient (Wildman–Crippen LogP) is 3.53. The Hall–Kier alpha value is -2.36. The van der Waals surface area contributed by atoms with E-state index < -0.39 is 17.7 Å². The Balaban J connectivity index is 1.17. The van der Waals surface area contributed by atoms with Crippen LogP contribution >= 0.6 is 0 Å². The number of imidazole rings is 1. The molecule has 2 fully saturated rings. The number of hydrogen-bond acceptors (Lipinski definition) is 5. The van der Waals surface area contributed by atoms with Crippen molar-refractivity contribution in [3.63, 3.8) is 0 Å². The number of carbonyl (C=O) groups is 1. The number of amides is 1. The van der Waals surface area contributed by atoms with Crippen LogP contribution in [0.3, 0.4) is 0 Å². The molecule has 1 amide bonds. The van der Waals surface area contributed by atoms with E-state index >= 15 is 0 Å². The first-order chi connectivity index (χ1) is 17.5. The topological polar surface area (TPSA) is 71.4 Å². The normalized spacial score (nSPS) is 23.3. The second-order valence-corrected chi connectivity index (χ2v) is 10.6. The highest BCUT2D eigenvalue weighted by atomic mass is 19.1. The van der Waals surface area contributed by atoms with E-state index in [4.69, 9.17) is 4.74 Å². The summed E-state index contributed by atoms with van der Waals surface area (Å²) in [4.78, 5) is 20.1. The third kappa shape index (κ3) is 6.30. The maximum atomic E-state index is 14.3. The highest BCUT2D eigenvalue weighted by molar-refractivity contribution is 5.94. The summed E-state index contributed by atoms with van der Waals surface area (Å²) in [5.41, 5.74) is 1.28. The number of hydrogen-bond donors (Lipinski definition) is 2. The van der Waals surface area contributed by atoms with Gasteiger partial charge in [-0.3, -0.25) is 9.69 Å². The molecule has 1 aromatic heterocycles. The van der Waals surface area contributed by atoms with Crippen molar-refractivity contribution in [2.24, 2.45) is 5.92 Å². The minimum Gasteiger partial charge on any atom is -0.378 e. The fraction of sp³-hybridized carbons (Fsp3) is 0.630. The van der Waals surface area contributed by atoms with Crippen molar-refractivity contribution in [1.29, 1.82) is 0 Å². The second kappa shape index (κ2) is 11.4. The summed E-state index contributed by atoms with van der Waals surface area (Å²) in [5, 5.41) is 6.40. The average Bonchev–Trinajstić information content (AvgIpc) is 3.57. The van der Waals surface area contributed by atoms with E-state index in [2.05, 4.69) is 20.5 Å². The lowest BCUT2D eigenvalue weighted by molar-refractivity contribution is -0.118. The molecule has 3 aliphatic rings. The minimum absolute atomic E-state index is 0.0407. The highest BCUT2D eigenvalue weighted by Gasteiger charge is 2.31. The molecular weight excluding hydrogens is 464 g/mol. The quantitative estimate of drug-likeness (QED) is 0.521. The summed E-state index contributed by atoms with van der Waals surface area (Å²) in [6.45, 7) is 6.42. The molecule has 1 aromatic carbocycles. The Kier molecular flexibility index (Phi) is 7.98. The van der Waals surface area contributed by atoms with Crippen LogP contribution in [0.4, 0.5) is 14.6 Å². The first kappa shape index (κ1) is 25.3. The summed E-state index contributed by atoms with van der Waals surface area (Å²) >= 11 is 0. The molecule has 5 rings (SSSR count). The zero-order valence-electron chi connectivity index (χ0n) is 21.0. The van der Waals surface area contributed by atoms with Crippen molar-refractivity contribution < 1.29 is 18.3 Å². The molecule has 2 aliphatic carbocycles. The molecule has 2 aromatic rings. The van der Waals surface area contributed by atoms with Gasteiger partial charge in [-0.15, -0.1) is 0 Å². The van der Waals surface area contributed by atoms with Gasteiger partial charge in [0.2, 0.25) is 5.91 Å². The Morgan fingerprint density at radius 3 is 2.92 bits per heavy atom. The summed E-state index contributed by atoms with van der Waals surface area (Å²) in [6.07, 6.45) is 9.59. The Morgan fingerprint density at radius 1 is 1.25 bits per heavy atom. The van der Waals surface area contributed by atoms with E-state index in [-0.39, 0.29) is 11.9 Å². The summed E-state index contributed by atoms with van der Waals surface area (Å²) in [5.74, 6) is 0.193. The van der Waals surface area contributed by atoms with Crippen LogP contribution in [0, 0.1) is 17.6 Å². The first-order valence-corrected chi connectivity index (χ1v) is 13.4. The third-order valence-electron chi connectivity index (χ3n) is 7.64. The second-order valence-electron chi connectivity index (χ2n) is 10.6. The summed E-state index contributed by atoms with van der Waals surface area (Å²) in [6, 6.07) is 2.23. The zero-order chi connectivity index (χ0) is 25.1. The smallest absolute Gasteiger partial charge is 0.242 e. The maximum Gasteiger partial charge on any atom is 0.242 e. The molecule has 9 heteroatoms. The van der Waals surface area contributed by atoms with E-state index in [1.165, 1.54) is 18.9 Å². The van der Waals surface area contributed by atoms with Crippen LogP contribution in [0.1, 0.15) is 50.2 Å². The largest absolute Gasteiger partial charge is 0.378 e. The third-order valence-corrected chi connectivity index (χ3v) is 7.64. The van der Waals surface area contributed by atoms with Crippen molar-refractivity contribution in [3.05, 3.63) is 47.4 Å². The van der Waals surface area contributed by atoms with Crippen LogP contribution in [-0.2, 0) is 28.9 Å². The molecule has 1 unspecified atom stereocenters. The van der Waals surface area contributed by atoms with Gasteiger partial charge in [0.15, 0.2) is 5.82 Å². The average molecular weight is 502 g/mol. The first-order valence-electron chi connectivity index (χ1n) is 13.4. The van der Waals surface area contributed by atoms with Gasteiger partial charge < -0.3 is 19.9 Å². The molecule has 2 N–H and O–H groups in total. The van der Waals surface area contributed by atoms with Crippen LogP contribution in [0.25, 0.3) is 0 Å². The lowest BCUT2D eigenvalue weighted by Gasteiger charge is -2.35. The monoisotopic (exact) mass is 501 g/mol. The van der Waals surface area contributed by atoms with Gasteiger partial charge >= 0.3 is 0 Å². The lowest BCUT2D eigenvalue weighted by atomic mass is 9.87.